The third-order valence-corrected chi connectivity index (χ3v) is 3.75. The van der Waals surface area contributed by atoms with Crippen molar-refractivity contribution in [2.45, 2.75) is 6.42 Å². The number of carbonyl (C=O) groups excluding carboxylic acids is 1. The second kappa shape index (κ2) is 7.45. The van der Waals surface area contributed by atoms with Crippen molar-refractivity contribution in [3.05, 3.63) is 78.4 Å². The van der Waals surface area contributed by atoms with Gasteiger partial charge in [-0.3, -0.25) is 4.79 Å². The minimum absolute atomic E-state index is 0.0173. The van der Waals surface area contributed by atoms with Gasteiger partial charge in [0.25, 0.3) is 5.91 Å². The van der Waals surface area contributed by atoms with Gasteiger partial charge in [-0.05, 0) is 41.5 Å². The Morgan fingerprint density at radius 1 is 0.783 bits per heavy atom. The molecule has 0 atom stereocenters. The zero-order valence-corrected chi connectivity index (χ0v) is 13.0. The lowest BCUT2D eigenvalue weighted by Gasteiger charge is -2.09. The summed E-state index contributed by atoms with van der Waals surface area (Å²) >= 11 is 0. The molecule has 3 aromatic carbocycles. The van der Waals surface area contributed by atoms with Gasteiger partial charge in [0.2, 0.25) is 0 Å². The highest BCUT2D eigenvalue weighted by Gasteiger charge is 2.02. The van der Waals surface area contributed by atoms with Crippen molar-refractivity contribution < 1.29 is 4.79 Å². The molecule has 1 amide bonds. The molecule has 0 unspecified atom stereocenters. The van der Waals surface area contributed by atoms with Crippen molar-refractivity contribution in [1.29, 1.82) is 0 Å². The van der Waals surface area contributed by atoms with Crippen LogP contribution >= 0.6 is 0 Å². The van der Waals surface area contributed by atoms with Crippen LogP contribution in [0.3, 0.4) is 0 Å². The van der Waals surface area contributed by atoms with Gasteiger partial charge in [0.15, 0.2) is 0 Å². The largest absolute Gasteiger partial charge is 0.385 e. The first-order valence-electron chi connectivity index (χ1n) is 7.89. The first-order valence-corrected chi connectivity index (χ1v) is 7.89. The average Bonchev–Trinajstić information content (AvgIpc) is 2.62. The molecule has 0 heterocycles. The van der Waals surface area contributed by atoms with Crippen LogP contribution in [0.1, 0.15) is 16.8 Å². The smallest absolute Gasteiger partial charge is 0.251 e. The van der Waals surface area contributed by atoms with Crippen molar-refractivity contribution in [2.75, 3.05) is 18.4 Å². The number of benzene rings is 3. The van der Waals surface area contributed by atoms with Crippen molar-refractivity contribution >= 4 is 22.4 Å². The second-order valence-corrected chi connectivity index (χ2v) is 5.46. The van der Waals surface area contributed by atoms with Crippen molar-refractivity contribution in [1.82, 2.24) is 5.32 Å². The van der Waals surface area contributed by atoms with E-state index in [-0.39, 0.29) is 5.91 Å². The zero-order chi connectivity index (χ0) is 15.9. The predicted molar refractivity (Wildman–Crippen MR) is 95.8 cm³/mol. The van der Waals surface area contributed by atoms with Crippen molar-refractivity contribution in [3.63, 3.8) is 0 Å². The van der Waals surface area contributed by atoms with E-state index in [9.17, 15) is 4.79 Å². The third kappa shape index (κ3) is 4.10. The first kappa shape index (κ1) is 15.1. The number of amides is 1. The summed E-state index contributed by atoms with van der Waals surface area (Å²) in [6.45, 7) is 1.49. The van der Waals surface area contributed by atoms with Gasteiger partial charge >= 0.3 is 0 Å². The minimum atomic E-state index is -0.0173. The van der Waals surface area contributed by atoms with Gasteiger partial charge in [0.1, 0.15) is 0 Å². The van der Waals surface area contributed by atoms with Crippen molar-refractivity contribution in [2.24, 2.45) is 0 Å². The van der Waals surface area contributed by atoms with Gasteiger partial charge in [-0.15, -0.1) is 0 Å². The Labute approximate surface area is 136 Å². The molecule has 3 nitrogen and oxygen atoms in total. The molecule has 23 heavy (non-hydrogen) atoms. The van der Waals surface area contributed by atoms with E-state index >= 15 is 0 Å². The van der Waals surface area contributed by atoms with Gasteiger partial charge in [0, 0.05) is 24.3 Å². The summed E-state index contributed by atoms with van der Waals surface area (Å²) in [5, 5.41) is 8.81. The summed E-state index contributed by atoms with van der Waals surface area (Å²) in [7, 11) is 0. The molecule has 0 bridgehead atoms. The molecule has 0 aliphatic rings. The Bertz CT molecular complexity index is 784. The molecular weight excluding hydrogens is 284 g/mol. The lowest BCUT2D eigenvalue weighted by molar-refractivity contribution is 0.0953. The Hall–Kier alpha value is -2.81. The molecule has 0 aliphatic heterocycles. The summed E-state index contributed by atoms with van der Waals surface area (Å²) in [4.78, 5) is 11.9. The monoisotopic (exact) mass is 304 g/mol. The quantitative estimate of drug-likeness (QED) is 0.674. The summed E-state index contributed by atoms with van der Waals surface area (Å²) < 4.78 is 0. The van der Waals surface area contributed by atoms with Crippen LogP contribution in [-0.4, -0.2) is 19.0 Å². The van der Waals surface area contributed by atoms with E-state index in [1.54, 1.807) is 0 Å². The fourth-order valence-corrected chi connectivity index (χ4v) is 2.51. The third-order valence-electron chi connectivity index (χ3n) is 3.75. The van der Waals surface area contributed by atoms with Crippen LogP contribution in [0.15, 0.2) is 72.8 Å². The number of hydrogen-bond donors (Lipinski definition) is 2. The summed E-state index contributed by atoms with van der Waals surface area (Å²) in [5.74, 6) is -0.0173. The van der Waals surface area contributed by atoms with Crippen LogP contribution in [-0.2, 0) is 0 Å². The lowest BCUT2D eigenvalue weighted by atomic mass is 10.1. The normalized spacial score (nSPS) is 10.4. The summed E-state index contributed by atoms with van der Waals surface area (Å²) in [6, 6.07) is 24.0. The molecular formula is C20H20N2O. The Balaban J connectivity index is 1.43. The maximum absolute atomic E-state index is 11.9. The highest BCUT2D eigenvalue weighted by atomic mass is 16.1. The topological polar surface area (TPSA) is 41.1 Å². The molecule has 0 aromatic heterocycles. The van der Waals surface area contributed by atoms with E-state index in [4.69, 9.17) is 0 Å². The molecule has 3 rings (SSSR count). The number of fused-ring (bicyclic) bond motifs is 1. The van der Waals surface area contributed by atoms with E-state index in [0.29, 0.717) is 12.1 Å². The molecule has 0 saturated heterocycles. The van der Waals surface area contributed by atoms with E-state index in [1.165, 1.54) is 10.8 Å². The fraction of sp³-hybridized carbons (Fsp3) is 0.150. The van der Waals surface area contributed by atoms with E-state index in [0.717, 1.165) is 18.7 Å². The molecule has 116 valence electrons. The van der Waals surface area contributed by atoms with Crippen LogP contribution < -0.4 is 10.6 Å². The molecule has 0 spiro atoms. The Morgan fingerprint density at radius 3 is 2.35 bits per heavy atom. The Kier molecular flexibility index (Phi) is 4.89. The van der Waals surface area contributed by atoms with Gasteiger partial charge in [-0.25, -0.2) is 0 Å². The predicted octanol–water partition coefficient (Wildman–Crippen LogP) is 4.07. The van der Waals surface area contributed by atoms with Crippen LogP contribution in [0.5, 0.6) is 0 Å². The molecule has 0 radical (unpaired) electrons. The highest BCUT2D eigenvalue weighted by molar-refractivity contribution is 5.94. The second-order valence-electron chi connectivity index (χ2n) is 5.46. The molecule has 0 aliphatic carbocycles. The molecule has 0 fully saturated rings. The van der Waals surface area contributed by atoms with Crippen LogP contribution in [0, 0.1) is 0 Å². The Morgan fingerprint density at radius 2 is 1.52 bits per heavy atom. The summed E-state index contributed by atoms with van der Waals surface area (Å²) in [6.07, 6.45) is 0.880. The SMILES string of the molecule is O=C(NCCCNc1ccc2ccccc2c1)c1ccccc1. The lowest BCUT2D eigenvalue weighted by Crippen LogP contribution is -2.25. The van der Waals surface area contributed by atoms with Crippen molar-refractivity contribution in [3.8, 4) is 0 Å². The average molecular weight is 304 g/mol. The van der Waals surface area contributed by atoms with Gasteiger partial charge in [-0.1, -0.05) is 48.5 Å². The molecule has 3 heteroatoms. The number of nitrogens with one attached hydrogen (secondary N) is 2. The van der Waals surface area contributed by atoms with Crippen LogP contribution in [0.4, 0.5) is 5.69 Å². The highest BCUT2D eigenvalue weighted by Crippen LogP contribution is 2.18. The standard InChI is InChI=1S/C20H20N2O/c23-20(17-8-2-1-3-9-17)22-14-6-13-21-19-12-11-16-7-4-5-10-18(16)15-19/h1-5,7-12,15,21H,6,13-14H2,(H,22,23). The number of rotatable bonds is 6. The summed E-state index contributed by atoms with van der Waals surface area (Å²) in [5.41, 5.74) is 1.81. The first-order chi connectivity index (χ1) is 11.3. The number of hydrogen-bond acceptors (Lipinski definition) is 2. The van der Waals surface area contributed by atoms with Gasteiger partial charge in [0.05, 0.1) is 0 Å². The van der Waals surface area contributed by atoms with Gasteiger partial charge < -0.3 is 10.6 Å². The maximum atomic E-state index is 11.9. The zero-order valence-electron chi connectivity index (χ0n) is 13.0. The van der Waals surface area contributed by atoms with E-state index in [2.05, 4.69) is 41.0 Å². The minimum Gasteiger partial charge on any atom is -0.385 e. The maximum Gasteiger partial charge on any atom is 0.251 e. The number of carbonyl (C=O) groups is 1. The fourth-order valence-electron chi connectivity index (χ4n) is 2.51. The van der Waals surface area contributed by atoms with Gasteiger partial charge in [-0.2, -0.15) is 0 Å². The molecule has 2 N–H and O–H groups in total. The van der Waals surface area contributed by atoms with Crippen LogP contribution in [0.25, 0.3) is 10.8 Å². The molecule has 0 saturated carbocycles. The number of anilines is 1. The van der Waals surface area contributed by atoms with E-state index < -0.39 is 0 Å². The van der Waals surface area contributed by atoms with Crippen LogP contribution in [0.2, 0.25) is 0 Å². The van der Waals surface area contributed by atoms with E-state index in [1.807, 2.05) is 42.5 Å². The molecule has 3 aromatic rings.